The standard InChI is InChI=1S/C9H20N2O2/c1-9(2,3)11(5)6-7(10-4)8(12)13/h7,10H,6H2,1-5H3,(H,12,13). The molecule has 0 aromatic carbocycles. The largest absolute Gasteiger partial charge is 0.480 e. The summed E-state index contributed by atoms with van der Waals surface area (Å²) >= 11 is 0. The quantitative estimate of drug-likeness (QED) is 0.670. The number of hydrogen-bond acceptors (Lipinski definition) is 3. The number of carboxylic acid groups (broad SMARTS) is 1. The van der Waals surface area contributed by atoms with Crippen LogP contribution in [0.1, 0.15) is 20.8 Å². The summed E-state index contributed by atoms with van der Waals surface area (Å²) < 4.78 is 0. The van der Waals surface area contributed by atoms with E-state index in [0.29, 0.717) is 6.54 Å². The average molecular weight is 188 g/mol. The highest BCUT2D eigenvalue weighted by Crippen LogP contribution is 2.10. The second-order valence-corrected chi connectivity index (χ2v) is 4.23. The van der Waals surface area contributed by atoms with E-state index in [0.717, 1.165) is 0 Å². The van der Waals surface area contributed by atoms with Crippen molar-refractivity contribution >= 4 is 5.97 Å². The van der Waals surface area contributed by atoms with Crippen molar-refractivity contribution < 1.29 is 9.90 Å². The number of rotatable bonds is 4. The van der Waals surface area contributed by atoms with Crippen LogP contribution < -0.4 is 5.32 Å². The van der Waals surface area contributed by atoms with E-state index in [1.165, 1.54) is 0 Å². The number of carbonyl (C=O) groups is 1. The smallest absolute Gasteiger partial charge is 0.322 e. The summed E-state index contributed by atoms with van der Waals surface area (Å²) in [5.41, 5.74) is 0.00451. The van der Waals surface area contributed by atoms with Gasteiger partial charge in [0.2, 0.25) is 0 Å². The van der Waals surface area contributed by atoms with Gasteiger partial charge in [-0.05, 0) is 34.9 Å². The first-order valence-corrected chi connectivity index (χ1v) is 4.40. The van der Waals surface area contributed by atoms with Crippen LogP contribution in [0.5, 0.6) is 0 Å². The van der Waals surface area contributed by atoms with E-state index in [1.54, 1.807) is 7.05 Å². The lowest BCUT2D eigenvalue weighted by Crippen LogP contribution is -2.49. The minimum atomic E-state index is -0.807. The summed E-state index contributed by atoms with van der Waals surface area (Å²) in [6.07, 6.45) is 0. The molecule has 0 rings (SSSR count). The Kier molecular flexibility index (Phi) is 4.36. The van der Waals surface area contributed by atoms with Crippen molar-refractivity contribution in [3.8, 4) is 0 Å². The van der Waals surface area contributed by atoms with Crippen molar-refractivity contribution in [2.45, 2.75) is 32.4 Å². The van der Waals surface area contributed by atoms with Gasteiger partial charge >= 0.3 is 5.97 Å². The van der Waals surface area contributed by atoms with E-state index in [4.69, 9.17) is 5.11 Å². The molecule has 0 saturated carbocycles. The highest BCUT2D eigenvalue weighted by Gasteiger charge is 2.23. The Hall–Kier alpha value is -0.610. The summed E-state index contributed by atoms with van der Waals surface area (Å²) in [5.74, 6) is -0.807. The Morgan fingerprint density at radius 1 is 1.54 bits per heavy atom. The number of likely N-dealkylation sites (N-methyl/N-ethyl adjacent to an activating group) is 2. The van der Waals surface area contributed by atoms with Crippen LogP contribution in [0.3, 0.4) is 0 Å². The van der Waals surface area contributed by atoms with Gasteiger partial charge in [0.15, 0.2) is 0 Å². The zero-order valence-corrected chi connectivity index (χ0v) is 9.09. The first-order valence-electron chi connectivity index (χ1n) is 4.40. The molecule has 0 aliphatic heterocycles. The van der Waals surface area contributed by atoms with Gasteiger partial charge in [-0.15, -0.1) is 0 Å². The van der Waals surface area contributed by atoms with Crippen LogP contribution in [-0.4, -0.2) is 48.2 Å². The normalized spacial score (nSPS) is 14.6. The monoisotopic (exact) mass is 188 g/mol. The highest BCUT2D eigenvalue weighted by atomic mass is 16.4. The molecule has 0 saturated heterocycles. The van der Waals surface area contributed by atoms with Crippen molar-refractivity contribution in [1.29, 1.82) is 0 Å². The molecular weight excluding hydrogens is 168 g/mol. The van der Waals surface area contributed by atoms with E-state index in [-0.39, 0.29) is 5.54 Å². The third-order valence-electron chi connectivity index (χ3n) is 2.25. The lowest BCUT2D eigenvalue weighted by Gasteiger charge is -2.33. The SMILES string of the molecule is CNC(CN(C)C(C)(C)C)C(=O)O. The molecule has 1 unspecified atom stereocenters. The van der Waals surface area contributed by atoms with Crippen LogP contribution in [0.25, 0.3) is 0 Å². The van der Waals surface area contributed by atoms with Gasteiger partial charge in [-0.25, -0.2) is 0 Å². The maximum absolute atomic E-state index is 10.7. The summed E-state index contributed by atoms with van der Waals surface area (Å²) in [7, 11) is 3.59. The molecule has 0 aliphatic carbocycles. The number of aliphatic carboxylic acids is 1. The molecule has 0 aromatic heterocycles. The van der Waals surface area contributed by atoms with Crippen LogP contribution >= 0.6 is 0 Å². The molecule has 0 aliphatic rings. The van der Waals surface area contributed by atoms with Crippen LogP contribution in [0.4, 0.5) is 0 Å². The lowest BCUT2D eigenvalue weighted by atomic mass is 10.1. The van der Waals surface area contributed by atoms with E-state index < -0.39 is 12.0 Å². The molecule has 1 atom stereocenters. The van der Waals surface area contributed by atoms with Crippen LogP contribution in [0, 0.1) is 0 Å². The van der Waals surface area contributed by atoms with Gasteiger partial charge in [0, 0.05) is 12.1 Å². The summed E-state index contributed by atoms with van der Waals surface area (Å²) in [4.78, 5) is 12.7. The van der Waals surface area contributed by atoms with E-state index in [2.05, 4.69) is 26.1 Å². The molecule has 0 spiro atoms. The average Bonchev–Trinajstić information content (AvgIpc) is 1.96. The fourth-order valence-corrected chi connectivity index (χ4v) is 0.841. The topological polar surface area (TPSA) is 52.6 Å². The van der Waals surface area contributed by atoms with E-state index >= 15 is 0 Å². The molecule has 0 fully saturated rings. The first-order chi connectivity index (χ1) is 5.79. The summed E-state index contributed by atoms with van der Waals surface area (Å²) in [6, 6.07) is -0.496. The maximum atomic E-state index is 10.7. The van der Waals surface area contributed by atoms with Gasteiger partial charge in [-0.3, -0.25) is 9.69 Å². The molecule has 2 N–H and O–H groups in total. The van der Waals surface area contributed by atoms with Gasteiger partial charge in [0.05, 0.1) is 0 Å². The van der Waals surface area contributed by atoms with E-state index in [1.807, 2.05) is 11.9 Å². The summed E-state index contributed by atoms with van der Waals surface area (Å²) in [6.45, 7) is 6.68. The van der Waals surface area contributed by atoms with Crippen molar-refractivity contribution in [2.75, 3.05) is 20.6 Å². The molecule has 0 radical (unpaired) electrons. The number of hydrogen-bond donors (Lipinski definition) is 2. The number of carboxylic acids is 1. The van der Waals surface area contributed by atoms with E-state index in [9.17, 15) is 4.79 Å². The molecule has 4 nitrogen and oxygen atoms in total. The third-order valence-corrected chi connectivity index (χ3v) is 2.25. The highest BCUT2D eigenvalue weighted by molar-refractivity contribution is 5.73. The van der Waals surface area contributed by atoms with Crippen LogP contribution in [0.2, 0.25) is 0 Å². The molecule has 78 valence electrons. The maximum Gasteiger partial charge on any atom is 0.322 e. The Balaban J connectivity index is 4.17. The Morgan fingerprint density at radius 2 is 2.00 bits per heavy atom. The van der Waals surface area contributed by atoms with Crippen molar-refractivity contribution in [1.82, 2.24) is 10.2 Å². The van der Waals surface area contributed by atoms with Gasteiger partial charge in [0.1, 0.15) is 6.04 Å². The number of nitrogens with one attached hydrogen (secondary N) is 1. The minimum Gasteiger partial charge on any atom is -0.480 e. The van der Waals surface area contributed by atoms with Crippen LogP contribution in [-0.2, 0) is 4.79 Å². The molecule has 13 heavy (non-hydrogen) atoms. The molecule has 0 heterocycles. The van der Waals surface area contributed by atoms with Crippen LogP contribution in [0.15, 0.2) is 0 Å². The minimum absolute atomic E-state index is 0.00451. The Labute approximate surface area is 79.9 Å². The van der Waals surface area contributed by atoms with Crippen molar-refractivity contribution in [2.24, 2.45) is 0 Å². The van der Waals surface area contributed by atoms with Gasteiger partial charge < -0.3 is 10.4 Å². The molecular formula is C9H20N2O2. The fourth-order valence-electron chi connectivity index (χ4n) is 0.841. The number of nitrogens with zero attached hydrogens (tertiary/aromatic N) is 1. The molecule has 0 amide bonds. The van der Waals surface area contributed by atoms with Gasteiger partial charge in [0.25, 0.3) is 0 Å². The Bertz CT molecular complexity index is 175. The van der Waals surface area contributed by atoms with Gasteiger partial charge in [-0.2, -0.15) is 0 Å². The molecule has 0 bridgehead atoms. The zero-order chi connectivity index (χ0) is 10.6. The van der Waals surface area contributed by atoms with Gasteiger partial charge in [-0.1, -0.05) is 0 Å². The van der Waals surface area contributed by atoms with Crippen molar-refractivity contribution in [3.63, 3.8) is 0 Å². The lowest BCUT2D eigenvalue weighted by molar-refractivity contribution is -0.140. The third kappa shape index (κ3) is 4.24. The predicted octanol–water partition coefficient (Wildman–Crippen LogP) is 0.389. The summed E-state index contributed by atoms with van der Waals surface area (Å²) in [5, 5.41) is 11.6. The Morgan fingerprint density at radius 3 is 2.23 bits per heavy atom. The fraction of sp³-hybridized carbons (Fsp3) is 0.889. The zero-order valence-electron chi connectivity index (χ0n) is 9.09. The van der Waals surface area contributed by atoms with Crippen molar-refractivity contribution in [3.05, 3.63) is 0 Å². The molecule has 4 heteroatoms. The predicted molar refractivity (Wildman–Crippen MR) is 52.9 cm³/mol. The molecule has 0 aromatic rings. The first kappa shape index (κ1) is 12.4. The second kappa shape index (κ2) is 4.58. The second-order valence-electron chi connectivity index (χ2n) is 4.23.